The van der Waals surface area contributed by atoms with Gasteiger partial charge >= 0.3 is 5.97 Å². The van der Waals surface area contributed by atoms with Crippen LogP contribution in [0.4, 0.5) is 0 Å². The van der Waals surface area contributed by atoms with Gasteiger partial charge in [-0.25, -0.2) is 4.79 Å². The van der Waals surface area contributed by atoms with Crippen molar-refractivity contribution in [2.75, 3.05) is 21.3 Å². The first-order valence-electron chi connectivity index (χ1n) is 8.32. The first kappa shape index (κ1) is 18.3. The van der Waals surface area contributed by atoms with Gasteiger partial charge in [-0.3, -0.25) is 0 Å². The lowest BCUT2D eigenvalue weighted by molar-refractivity contribution is -0.130. The van der Waals surface area contributed by atoms with Gasteiger partial charge in [0.2, 0.25) is 5.75 Å². The van der Waals surface area contributed by atoms with E-state index in [0.717, 1.165) is 10.8 Å². The molecule has 0 bridgehead atoms. The molecule has 3 aromatic carbocycles. The van der Waals surface area contributed by atoms with E-state index >= 15 is 0 Å². The van der Waals surface area contributed by atoms with E-state index in [1.807, 2.05) is 36.4 Å². The number of carboxylic acids is 1. The number of hydrogen-bond acceptors (Lipinski definition) is 4. The van der Waals surface area contributed by atoms with Crippen LogP contribution in [0.5, 0.6) is 17.2 Å². The Hall–Kier alpha value is -3.47. The summed E-state index contributed by atoms with van der Waals surface area (Å²) in [4.78, 5) is 12.0. The molecule has 0 heterocycles. The van der Waals surface area contributed by atoms with Crippen molar-refractivity contribution in [3.8, 4) is 17.2 Å². The topological polar surface area (TPSA) is 65.0 Å². The smallest absolute Gasteiger partial charge is 0.336 e. The molecule has 3 aromatic rings. The minimum atomic E-state index is -1.01. The molecule has 0 aliphatic heterocycles. The average Bonchev–Trinajstić information content (AvgIpc) is 2.70. The Kier molecular flexibility index (Phi) is 5.31. The van der Waals surface area contributed by atoms with E-state index in [1.165, 1.54) is 21.3 Å². The maximum Gasteiger partial charge on any atom is 0.336 e. The molecule has 5 nitrogen and oxygen atoms in total. The van der Waals surface area contributed by atoms with Crippen molar-refractivity contribution in [1.29, 1.82) is 0 Å². The summed E-state index contributed by atoms with van der Waals surface area (Å²) in [6, 6.07) is 16.7. The summed E-state index contributed by atoms with van der Waals surface area (Å²) in [6.45, 7) is 0. The molecule has 0 aliphatic carbocycles. The summed E-state index contributed by atoms with van der Waals surface area (Å²) in [6.07, 6.45) is 1.61. The van der Waals surface area contributed by atoms with Gasteiger partial charge in [0.05, 0.1) is 26.9 Å². The second kappa shape index (κ2) is 7.83. The molecule has 5 heteroatoms. The van der Waals surface area contributed by atoms with Gasteiger partial charge in [0.1, 0.15) is 0 Å². The highest BCUT2D eigenvalue weighted by molar-refractivity contribution is 6.24. The number of hydrogen-bond donors (Lipinski definition) is 1. The zero-order valence-corrected chi connectivity index (χ0v) is 15.4. The molecule has 0 aromatic heterocycles. The number of aliphatic carboxylic acids is 1. The number of rotatable bonds is 6. The van der Waals surface area contributed by atoms with Gasteiger partial charge in [0, 0.05) is 0 Å². The second-order valence-corrected chi connectivity index (χ2v) is 5.85. The zero-order valence-electron chi connectivity index (χ0n) is 15.4. The molecular formula is C22H20O5. The normalized spacial score (nSPS) is 11.3. The van der Waals surface area contributed by atoms with Crippen molar-refractivity contribution < 1.29 is 24.1 Å². The van der Waals surface area contributed by atoms with E-state index in [0.29, 0.717) is 28.4 Å². The van der Waals surface area contributed by atoms with E-state index in [4.69, 9.17) is 14.2 Å². The van der Waals surface area contributed by atoms with Crippen LogP contribution in [-0.2, 0) is 4.79 Å². The molecule has 0 atom stereocenters. The summed E-state index contributed by atoms with van der Waals surface area (Å²) >= 11 is 0. The van der Waals surface area contributed by atoms with Gasteiger partial charge in [-0.05, 0) is 40.1 Å². The van der Waals surface area contributed by atoms with Gasteiger partial charge in [-0.2, -0.15) is 0 Å². The fraction of sp³-hybridized carbons (Fsp3) is 0.136. The highest BCUT2D eigenvalue weighted by Gasteiger charge is 2.16. The highest BCUT2D eigenvalue weighted by Crippen LogP contribution is 2.39. The molecule has 0 radical (unpaired) electrons. The Bertz CT molecular complexity index is 990. The molecular weight excluding hydrogens is 344 g/mol. The van der Waals surface area contributed by atoms with Crippen molar-refractivity contribution >= 4 is 28.4 Å². The lowest BCUT2D eigenvalue weighted by Crippen LogP contribution is -2.01. The van der Waals surface area contributed by atoms with Crippen LogP contribution in [0.25, 0.3) is 22.4 Å². The predicted molar refractivity (Wildman–Crippen MR) is 106 cm³/mol. The van der Waals surface area contributed by atoms with Crippen LogP contribution >= 0.6 is 0 Å². The van der Waals surface area contributed by atoms with Crippen molar-refractivity contribution in [1.82, 2.24) is 0 Å². The lowest BCUT2D eigenvalue weighted by Gasteiger charge is -2.13. The second-order valence-electron chi connectivity index (χ2n) is 5.85. The summed E-state index contributed by atoms with van der Waals surface area (Å²) < 4.78 is 16.0. The fourth-order valence-electron chi connectivity index (χ4n) is 3.07. The number of ether oxygens (including phenoxy) is 3. The van der Waals surface area contributed by atoms with Crippen LogP contribution in [0.1, 0.15) is 11.1 Å². The summed E-state index contributed by atoms with van der Waals surface area (Å²) in [5.74, 6) is 0.371. The molecule has 0 saturated carbocycles. The SMILES string of the molecule is COc1cc(C=C(C(=O)O)c2cccc3ccccc23)cc(OC)c1OC. The van der Waals surface area contributed by atoms with Crippen LogP contribution in [0.2, 0.25) is 0 Å². The quantitative estimate of drug-likeness (QED) is 0.516. The summed E-state index contributed by atoms with van der Waals surface area (Å²) in [5.41, 5.74) is 1.46. The van der Waals surface area contributed by atoms with Gasteiger partial charge in [-0.15, -0.1) is 0 Å². The van der Waals surface area contributed by atoms with E-state index in [-0.39, 0.29) is 5.57 Å². The van der Waals surface area contributed by atoms with E-state index in [1.54, 1.807) is 24.3 Å². The Labute approximate surface area is 157 Å². The first-order valence-corrected chi connectivity index (χ1v) is 8.32. The third-order valence-corrected chi connectivity index (χ3v) is 4.31. The average molecular weight is 364 g/mol. The van der Waals surface area contributed by atoms with Crippen LogP contribution < -0.4 is 14.2 Å². The highest BCUT2D eigenvalue weighted by atomic mass is 16.5. The van der Waals surface area contributed by atoms with E-state index < -0.39 is 5.97 Å². The molecule has 27 heavy (non-hydrogen) atoms. The van der Waals surface area contributed by atoms with Crippen LogP contribution in [0, 0.1) is 0 Å². The lowest BCUT2D eigenvalue weighted by atomic mass is 9.96. The molecule has 0 saturated heterocycles. The third-order valence-electron chi connectivity index (χ3n) is 4.31. The number of carbonyl (C=O) groups is 1. The fourth-order valence-corrected chi connectivity index (χ4v) is 3.07. The molecule has 0 amide bonds. The molecule has 138 valence electrons. The van der Waals surface area contributed by atoms with Crippen molar-refractivity contribution in [2.24, 2.45) is 0 Å². The number of carboxylic acid groups (broad SMARTS) is 1. The number of benzene rings is 3. The number of methoxy groups -OCH3 is 3. The Morgan fingerprint density at radius 2 is 1.52 bits per heavy atom. The van der Waals surface area contributed by atoms with Gasteiger partial charge in [0.25, 0.3) is 0 Å². The van der Waals surface area contributed by atoms with Gasteiger partial charge in [0.15, 0.2) is 11.5 Å². The molecule has 0 aliphatic rings. The molecule has 0 fully saturated rings. The monoisotopic (exact) mass is 364 g/mol. The van der Waals surface area contributed by atoms with Crippen molar-refractivity contribution in [3.63, 3.8) is 0 Å². The molecule has 3 rings (SSSR count). The Morgan fingerprint density at radius 3 is 2.11 bits per heavy atom. The molecule has 0 unspecified atom stereocenters. The maximum atomic E-state index is 12.0. The van der Waals surface area contributed by atoms with Crippen LogP contribution in [-0.4, -0.2) is 32.4 Å². The van der Waals surface area contributed by atoms with Gasteiger partial charge in [-0.1, -0.05) is 42.5 Å². The Balaban J connectivity index is 2.21. The Morgan fingerprint density at radius 1 is 0.889 bits per heavy atom. The standard InChI is InChI=1S/C22H20O5/c1-25-19-12-14(13-20(26-2)21(19)27-3)11-18(22(23)24)17-10-6-8-15-7-4-5-9-16(15)17/h4-13H,1-3H3,(H,23,24). The first-order chi connectivity index (χ1) is 13.1. The van der Waals surface area contributed by atoms with E-state index in [2.05, 4.69) is 0 Å². The maximum absolute atomic E-state index is 12.0. The van der Waals surface area contributed by atoms with Crippen LogP contribution in [0.15, 0.2) is 54.6 Å². The number of fused-ring (bicyclic) bond motifs is 1. The van der Waals surface area contributed by atoms with Crippen LogP contribution in [0.3, 0.4) is 0 Å². The molecule has 0 spiro atoms. The van der Waals surface area contributed by atoms with Crippen molar-refractivity contribution in [2.45, 2.75) is 0 Å². The minimum absolute atomic E-state index is 0.182. The van der Waals surface area contributed by atoms with Crippen molar-refractivity contribution in [3.05, 3.63) is 65.7 Å². The minimum Gasteiger partial charge on any atom is -0.493 e. The zero-order chi connectivity index (χ0) is 19.4. The van der Waals surface area contributed by atoms with Gasteiger partial charge < -0.3 is 19.3 Å². The van der Waals surface area contributed by atoms with E-state index in [9.17, 15) is 9.90 Å². The largest absolute Gasteiger partial charge is 0.493 e. The summed E-state index contributed by atoms with van der Waals surface area (Å²) in [5, 5.41) is 11.7. The third kappa shape index (κ3) is 3.58. The summed E-state index contributed by atoms with van der Waals surface area (Å²) in [7, 11) is 4.57. The predicted octanol–water partition coefficient (Wildman–Crippen LogP) is 4.49. The molecule has 1 N–H and O–H groups in total.